The summed E-state index contributed by atoms with van der Waals surface area (Å²) in [5.41, 5.74) is 2.40. The highest BCUT2D eigenvalue weighted by Crippen LogP contribution is 2.24. The molecule has 0 radical (unpaired) electrons. The van der Waals surface area contributed by atoms with Gasteiger partial charge in [0.15, 0.2) is 0 Å². The molecular weight excluding hydrogens is 318 g/mol. The molecule has 1 aromatic heterocycles. The number of morpholine rings is 2. The fourth-order valence-corrected chi connectivity index (χ4v) is 3.82. The maximum atomic E-state index is 5.78. The molecule has 0 unspecified atom stereocenters. The molecule has 0 aromatic carbocycles. The molecule has 1 aromatic rings. The zero-order chi connectivity index (χ0) is 17.9. The van der Waals surface area contributed by atoms with Gasteiger partial charge in [0, 0.05) is 58.4 Å². The number of rotatable bonds is 6. The van der Waals surface area contributed by atoms with Crippen molar-refractivity contribution in [3.8, 4) is 0 Å². The van der Waals surface area contributed by atoms with Gasteiger partial charge in [0.25, 0.3) is 0 Å². The van der Waals surface area contributed by atoms with E-state index >= 15 is 0 Å². The molecule has 3 heterocycles. The molecule has 0 aliphatic carbocycles. The van der Waals surface area contributed by atoms with Crippen LogP contribution in [0.5, 0.6) is 0 Å². The minimum absolute atomic E-state index is 0.0261. The lowest BCUT2D eigenvalue weighted by atomic mass is 10.1. The summed E-state index contributed by atoms with van der Waals surface area (Å²) >= 11 is 0. The minimum atomic E-state index is -0.0261. The molecule has 0 atom stereocenters. The van der Waals surface area contributed by atoms with Gasteiger partial charge in [-0.1, -0.05) is 0 Å². The van der Waals surface area contributed by atoms with Gasteiger partial charge in [-0.25, -0.2) is 0 Å². The van der Waals surface area contributed by atoms with Gasteiger partial charge in [0.1, 0.15) is 5.82 Å². The smallest absolute Gasteiger partial charge is 0.131 e. The summed E-state index contributed by atoms with van der Waals surface area (Å²) in [6.07, 6.45) is 0. The first kappa shape index (κ1) is 18.6. The van der Waals surface area contributed by atoms with Crippen LogP contribution in [0.1, 0.15) is 25.1 Å². The zero-order valence-corrected chi connectivity index (χ0v) is 16.2. The van der Waals surface area contributed by atoms with E-state index in [-0.39, 0.29) is 5.60 Å². The molecule has 1 N–H and O–H groups in total. The van der Waals surface area contributed by atoms with E-state index in [1.165, 1.54) is 11.4 Å². The average Bonchev–Trinajstić information content (AvgIpc) is 2.85. The Morgan fingerprint density at radius 2 is 1.92 bits per heavy atom. The van der Waals surface area contributed by atoms with Crippen LogP contribution < -0.4 is 10.2 Å². The summed E-state index contributed by atoms with van der Waals surface area (Å²) in [4.78, 5) is 4.88. The van der Waals surface area contributed by atoms with Gasteiger partial charge in [-0.05, 0) is 20.8 Å². The number of ether oxygens (including phenoxy) is 2. The zero-order valence-electron chi connectivity index (χ0n) is 16.2. The van der Waals surface area contributed by atoms with Crippen molar-refractivity contribution in [1.82, 2.24) is 20.0 Å². The first-order valence-corrected chi connectivity index (χ1v) is 9.38. The van der Waals surface area contributed by atoms with Crippen LogP contribution >= 0.6 is 0 Å². The molecular formula is C18H33N5O2. The Balaban J connectivity index is 1.53. The molecule has 7 heteroatoms. The molecule has 2 aliphatic rings. The van der Waals surface area contributed by atoms with Crippen LogP contribution in [0.25, 0.3) is 0 Å². The van der Waals surface area contributed by atoms with E-state index in [2.05, 4.69) is 41.0 Å². The first-order chi connectivity index (χ1) is 12.0. The van der Waals surface area contributed by atoms with Crippen molar-refractivity contribution in [2.45, 2.75) is 32.9 Å². The van der Waals surface area contributed by atoms with Crippen LogP contribution in [0.15, 0.2) is 0 Å². The van der Waals surface area contributed by atoms with Gasteiger partial charge in [0.05, 0.1) is 31.1 Å². The lowest BCUT2D eigenvalue weighted by Crippen LogP contribution is -2.49. The number of hydrogen-bond acceptors (Lipinski definition) is 6. The molecule has 2 fully saturated rings. The van der Waals surface area contributed by atoms with Crippen LogP contribution in [-0.2, 0) is 23.1 Å². The van der Waals surface area contributed by atoms with Crippen LogP contribution in [0.4, 0.5) is 5.82 Å². The highest BCUT2D eigenvalue weighted by atomic mass is 16.5. The van der Waals surface area contributed by atoms with Crippen molar-refractivity contribution in [1.29, 1.82) is 0 Å². The molecule has 0 spiro atoms. The third-order valence-electron chi connectivity index (χ3n) is 5.04. The van der Waals surface area contributed by atoms with Gasteiger partial charge < -0.3 is 19.7 Å². The molecule has 2 aliphatic heterocycles. The molecule has 0 amide bonds. The largest absolute Gasteiger partial charge is 0.378 e. The number of aryl methyl sites for hydroxylation is 2. The molecule has 2 saturated heterocycles. The molecule has 25 heavy (non-hydrogen) atoms. The van der Waals surface area contributed by atoms with E-state index in [0.29, 0.717) is 0 Å². The Morgan fingerprint density at radius 3 is 2.64 bits per heavy atom. The first-order valence-electron chi connectivity index (χ1n) is 9.38. The quantitative estimate of drug-likeness (QED) is 0.764. The van der Waals surface area contributed by atoms with Crippen molar-refractivity contribution < 1.29 is 9.47 Å². The van der Waals surface area contributed by atoms with E-state index in [1.807, 2.05) is 11.7 Å². The van der Waals surface area contributed by atoms with Crippen LogP contribution in [0.3, 0.4) is 0 Å². The topological polar surface area (TPSA) is 54.8 Å². The van der Waals surface area contributed by atoms with Crippen molar-refractivity contribution in [2.24, 2.45) is 7.05 Å². The van der Waals surface area contributed by atoms with E-state index in [1.54, 1.807) is 0 Å². The summed E-state index contributed by atoms with van der Waals surface area (Å²) < 4.78 is 13.3. The summed E-state index contributed by atoms with van der Waals surface area (Å²) in [6, 6.07) is 0. The molecule has 3 rings (SSSR count). The fraction of sp³-hybridized carbons (Fsp3) is 0.833. The molecule has 7 nitrogen and oxygen atoms in total. The number of nitrogens with zero attached hydrogens (tertiary/aromatic N) is 4. The lowest BCUT2D eigenvalue weighted by molar-refractivity contribution is -0.0854. The number of anilines is 1. The monoisotopic (exact) mass is 351 g/mol. The van der Waals surface area contributed by atoms with Gasteiger partial charge in [0.2, 0.25) is 0 Å². The maximum Gasteiger partial charge on any atom is 0.131 e. The lowest BCUT2D eigenvalue weighted by Gasteiger charge is -2.38. The molecule has 0 saturated carbocycles. The second kappa shape index (κ2) is 8.03. The van der Waals surface area contributed by atoms with Crippen LogP contribution in [0, 0.1) is 6.92 Å². The number of hydrogen-bond donors (Lipinski definition) is 1. The highest BCUT2D eigenvalue weighted by molar-refractivity contribution is 5.50. The second-order valence-electron chi connectivity index (χ2n) is 7.67. The predicted molar refractivity (Wildman–Crippen MR) is 99.2 cm³/mol. The van der Waals surface area contributed by atoms with Gasteiger partial charge in [-0.15, -0.1) is 0 Å². The van der Waals surface area contributed by atoms with E-state index in [0.717, 1.165) is 71.3 Å². The number of aromatic nitrogens is 2. The van der Waals surface area contributed by atoms with Crippen LogP contribution in [0.2, 0.25) is 0 Å². The predicted octanol–water partition coefficient (Wildman–Crippen LogP) is 0.766. The Bertz CT molecular complexity index is 566. The Kier molecular flexibility index (Phi) is 5.99. The summed E-state index contributed by atoms with van der Waals surface area (Å²) in [6.45, 7) is 15.7. The Hall–Kier alpha value is -1.15. The van der Waals surface area contributed by atoms with E-state index in [9.17, 15) is 0 Å². The standard InChI is InChI=1S/C18H33N5O2/c1-15-16(17(21(4)20-15)23-8-10-24-11-9-23)13-19-5-6-22-7-12-25-18(2,3)14-22/h19H,5-14H2,1-4H3. The average molecular weight is 351 g/mol. The van der Waals surface area contributed by atoms with E-state index in [4.69, 9.17) is 9.47 Å². The third kappa shape index (κ3) is 4.73. The highest BCUT2D eigenvalue weighted by Gasteiger charge is 2.26. The van der Waals surface area contributed by atoms with Crippen molar-refractivity contribution >= 4 is 5.82 Å². The van der Waals surface area contributed by atoms with E-state index < -0.39 is 0 Å². The SMILES string of the molecule is Cc1nn(C)c(N2CCOCC2)c1CNCCN1CCOC(C)(C)C1. The number of nitrogens with one attached hydrogen (secondary N) is 1. The summed E-state index contributed by atoms with van der Waals surface area (Å²) in [7, 11) is 2.04. The van der Waals surface area contributed by atoms with Gasteiger partial charge in [-0.2, -0.15) is 5.10 Å². The fourth-order valence-electron chi connectivity index (χ4n) is 3.82. The van der Waals surface area contributed by atoms with Crippen molar-refractivity contribution in [3.05, 3.63) is 11.3 Å². The Morgan fingerprint density at radius 1 is 1.16 bits per heavy atom. The second-order valence-corrected chi connectivity index (χ2v) is 7.67. The van der Waals surface area contributed by atoms with Gasteiger partial charge >= 0.3 is 0 Å². The Labute approximate surface area is 151 Å². The summed E-state index contributed by atoms with van der Waals surface area (Å²) in [5, 5.41) is 8.26. The molecule has 0 bridgehead atoms. The van der Waals surface area contributed by atoms with Crippen molar-refractivity contribution in [2.75, 3.05) is 64.0 Å². The normalized spacial score (nSPS) is 21.7. The minimum Gasteiger partial charge on any atom is -0.378 e. The van der Waals surface area contributed by atoms with Crippen molar-refractivity contribution in [3.63, 3.8) is 0 Å². The summed E-state index contributed by atoms with van der Waals surface area (Å²) in [5.74, 6) is 1.24. The third-order valence-corrected chi connectivity index (χ3v) is 5.04. The van der Waals surface area contributed by atoms with Gasteiger partial charge in [-0.3, -0.25) is 9.58 Å². The van der Waals surface area contributed by atoms with Crippen LogP contribution in [-0.4, -0.2) is 79.4 Å². The molecule has 142 valence electrons. The maximum absolute atomic E-state index is 5.78.